The summed E-state index contributed by atoms with van der Waals surface area (Å²) in [5.74, 6) is -0.510. The van der Waals surface area contributed by atoms with Gasteiger partial charge >= 0.3 is 5.97 Å². The van der Waals surface area contributed by atoms with Crippen molar-refractivity contribution in [1.82, 2.24) is 0 Å². The lowest BCUT2D eigenvalue weighted by molar-refractivity contribution is -0.133. The van der Waals surface area contributed by atoms with Crippen LogP contribution in [0.3, 0.4) is 0 Å². The number of hydrogen-bond acceptors (Lipinski definition) is 3. The Kier molecular flexibility index (Phi) is 7.37. The van der Waals surface area contributed by atoms with Crippen LogP contribution < -0.4 is 0 Å². The minimum Gasteiger partial charge on any atom is -0.501 e. The number of aliphatic hydroxyl groups is 1. The van der Waals surface area contributed by atoms with E-state index in [4.69, 9.17) is 4.74 Å². The van der Waals surface area contributed by atoms with Crippen LogP contribution in [0.1, 0.15) is 51.9 Å². The molecule has 4 heteroatoms. The Hall–Kier alpha value is -1.29. The van der Waals surface area contributed by atoms with Gasteiger partial charge in [-0.2, -0.15) is 0 Å². The Bertz CT molecular complexity index is 371. The second-order valence-corrected chi connectivity index (χ2v) is 5.29. The van der Waals surface area contributed by atoms with Crippen LogP contribution in [0.25, 0.3) is 0 Å². The summed E-state index contributed by atoms with van der Waals surface area (Å²) in [5.41, 5.74) is 0.335. The van der Waals surface area contributed by atoms with Crippen molar-refractivity contribution < 1.29 is 19.7 Å². The topological polar surface area (TPSA) is 66.8 Å². The molecule has 114 valence electrons. The zero-order valence-electron chi connectivity index (χ0n) is 12.5. The lowest BCUT2D eigenvalue weighted by Gasteiger charge is -2.09. The van der Waals surface area contributed by atoms with Crippen LogP contribution >= 0.6 is 0 Å². The quantitative estimate of drug-likeness (QED) is 0.503. The van der Waals surface area contributed by atoms with Crippen LogP contribution in [0.2, 0.25) is 0 Å². The van der Waals surface area contributed by atoms with E-state index in [9.17, 15) is 15.0 Å². The molecule has 1 aliphatic rings. The smallest absolute Gasteiger partial charge is 0.335 e. The van der Waals surface area contributed by atoms with Crippen LogP contribution in [-0.2, 0) is 9.53 Å². The van der Waals surface area contributed by atoms with Gasteiger partial charge < -0.3 is 14.9 Å². The number of methoxy groups -OCH3 is 1. The Morgan fingerprint density at radius 1 is 1.45 bits per heavy atom. The predicted octanol–water partition coefficient (Wildman–Crippen LogP) is 3.27. The molecule has 0 amide bonds. The van der Waals surface area contributed by atoms with E-state index >= 15 is 0 Å². The third-order valence-corrected chi connectivity index (χ3v) is 3.75. The van der Waals surface area contributed by atoms with Gasteiger partial charge in [-0.1, -0.05) is 44.8 Å². The summed E-state index contributed by atoms with van der Waals surface area (Å²) in [7, 11) is 1.51. The lowest BCUT2D eigenvalue weighted by Crippen LogP contribution is -2.10. The van der Waals surface area contributed by atoms with Gasteiger partial charge in [0, 0.05) is 12.3 Å². The maximum absolute atomic E-state index is 11.2. The van der Waals surface area contributed by atoms with Gasteiger partial charge in [-0.15, -0.1) is 0 Å². The second-order valence-electron chi connectivity index (χ2n) is 5.29. The molecule has 2 N–H and O–H groups in total. The maximum Gasteiger partial charge on any atom is 0.335 e. The first-order valence-electron chi connectivity index (χ1n) is 7.46. The van der Waals surface area contributed by atoms with Crippen molar-refractivity contribution in [1.29, 1.82) is 0 Å². The number of unbranched alkanes of at least 4 members (excludes halogenated alkanes) is 3. The highest BCUT2D eigenvalue weighted by molar-refractivity contribution is 5.88. The van der Waals surface area contributed by atoms with Crippen molar-refractivity contribution in [3.63, 3.8) is 0 Å². The summed E-state index contributed by atoms with van der Waals surface area (Å²) in [6.45, 7) is 2.16. The molecule has 1 rings (SSSR count). The van der Waals surface area contributed by atoms with Crippen molar-refractivity contribution >= 4 is 5.97 Å². The second kappa shape index (κ2) is 8.80. The lowest BCUT2D eigenvalue weighted by atomic mass is 9.99. The van der Waals surface area contributed by atoms with E-state index in [1.54, 1.807) is 6.08 Å². The predicted molar refractivity (Wildman–Crippen MR) is 78.3 cm³/mol. The van der Waals surface area contributed by atoms with Gasteiger partial charge in [0.2, 0.25) is 0 Å². The highest BCUT2D eigenvalue weighted by Gasteiger charge is 2.29. The fraction of sp³-hybridized carbons (Fsp3) is 0.688. The largest absolute Gasteiger partial charge is 0.501 e. The first-order chi connectivity index (χ1) is 9.60. The van der Waals surface area contributed by atoms with Crippen molar-refractivity contribution in [3.05, 3.63) is 23.5 Å². The monoisotopic (exact) mass is 282 g/mol. The Balaban J connectivity index is 2.49. The van der Waals surface area contributed by atoms with E-state index in [-0.39, 0.29) is 5.92 Å². The van der Waals surface area contributed by atoms with Crippen LogP contribution in [0.15, 0.2) is 23.5 Å². The number of rotatable bonds is 9. The van der Waals surface area contributed by atoms with Crippen LogP contribution in [-0.4, -0.2) is 29.4 Å². The van der Waals surface area contributed by atoms with Crippen molar-refractivity contribution in [2.45, 2.75) is 58.0 Å². The van der Waals surface area contributed by atoms with Gasteiger partial charge in [0.05, 0.1) is 18.8 Å². The minimum absolute atomic E-state index is 0.146. The number of carboxylic acid groups (broad SMARTS) is 1. The minimum atomic E-state index is -0.925. The third kappa shape index (κ3) is 5.00. The van der Waals surface area contributed by atoms with Crippen molar-refractivity contribution in [3.8, 4) is 0 Å². The van der Waals surface area contributed by atoms with E-state index in [0.717, 1.165) is 25.7 Å². The first kappa shape index (κ1) is 16.8. The number of aliphatic hydroxyl groups excluding tert-OH is 1. The number of aliphatic carboxylic acids is 1. The van der Waals surface area contributed by atoms with Crippen LogP contribution in [0.4, 0.5) is 0 Å². The molecule has 0 fully saturated rings. The van der Waals surface area contributed by atoms with Crippen LogP contribution in [0, 0.1) is 5.92 Å². The molecular formula is C16H26O4. The van der Waals surface area contributed by atoms with Gasteiger partial charge in [-0.25, -0.2) is 4.79 Å². The molecule has 20 heavy (non-hydrogen) atoms. The summed E-state index contributed by atoms with van der Waals surface area (Å²) < 4.78 is 5.12. The van der Waals surface area contributed by atoms with E-state index in [1.807, 2.05) is 6.08 Å². The highest BCUT2D eigenvalue weighted by atomic mass is 16.5. The standard InChI is InChI=1S/C16H26O4/c1-3-4-5-6-7-13(17)10-8-12-9-11-14(20-2)15(12)16(18)19/h8,10,12-13,17H,3-7,9,11H2,1-2H3,(H,18,19). The summed E-state index contributed by atoms with van der Waals surface area (Å²) in [6.07, 6.45) is 9.73. The van der Waals surface area contributed by atoms with Gasteiger partial charge in [0.25, 0.3) is 0 Å². The molecule has 0 spiro atoms. The molecule has 0 aliphatic heterocycles. The molecule has 0 aromatic rings. The molecule has 4 nitrogen and oxygen atoms in total. The first-order valence-corrected chi connectivity index (χ1v) is 7.46. The Labute approximate surface area is 121 Å². The summed E-state index contributed by atoms with van der Waals surface area (Å²) in [5, 5.41) is 19.1. The third-order valence-electron chi connectivity index (χ3n) is 3.75. The van der Waals surface area contributed by atoms with Crippen molar-refractivity contribution in [2.24, 2.45) is 5.92 Å². The molecule has 1 aliphatic carbocycles. The number of hydrogen-bond donors (Lipinski definition) is 2. The average Bonchev–Trinajstić information content (AvgIpc) is 2.84. The van der Waals surface area contributed by atoms with E-state index in [1.165, 1.54) is 20.0 Å². The Morgan fingerprint density at radius 3 is 2.80 bits per heavy atom. The molecule has 2 atom stereocenters. The molecular weight excluding hydrogens is 256 g/mol. The van der Waals surface area contributed by atoms with Gasteiger partial charge in [0.15, 0.2) is 0 Å². The van der Waals surface area contributed by atoms with Crippen molar-refractivity contribution in [2.75, 3.05) is 7.11 Å². The molecule has 0 aromatic carbocycles. The van der Waals surface area contributed by atoms with E-state index in [0.29, 0.717) is 17.8 Å². The SMILES string of the molecule is CCCCCCC(O)C=CC1CCC(OC)=C1C(=O)O. The molecule has 0 saturated carbocycles. The fourth-order valence-corrected chi connectivity index (χ4v) is 2.59. The molecule has 0 aromatic heterocycles. The zero-order valence-corrected chi connectivity index (χ0v) is 12.5. The zero-order chi connectivity index (χ0) is 15.0. The molecule has 2 unspecified atom stereocenters. The average molecular weight is 282 g/mol. The summed E-state index contributed by atoms with van der Waals surface area (Å²) in [6, 6.07) is 0. The van der Waals surface area contributed by atoms with E-state index in [2.05, 4.69) is 6.92 Å². The molecule has 0 bridgehead atoms. The Morgan fingerprint density at radius 2 is 2.20 bits per heavy atom. The van der Waals surface area contributed by atoms with Crippen LogP contribution in [0.5, 0.6) is 0 Å². The maximum atomic E-state index is 11.2. The number of carboxylic acids is 1. The molecule has 0 heterocycles. The molecule has 0 saturated heterocycles. The van der Waals surface area contributed by atoms with Gasteiger partial charge in [-0.05, 0) is 12.8 Å². The normalized spacial score (nSPS) is 20.6. The summed E-state index contributed by atoms with van der Waals surface area (Å²) >= 11 is 0. The highest BCUT2D eigenvalue weighted by Crippen LogP contribution is 2.33. The fourth-order valence-electron chi connectivity index (χ4n) is 2.59. The summed E-state index contributed by atoms with van der Waals surface area (Å²) in [4.78, 5) is 11.2. The van der Waals surface area contributed by atoms with Gasteiger partial charge in [0.1, 0.15) is 5.76 Å². The number of carbonyl (C=O) groups is 1. The molecule has 0 radical (unpaired) electrons. The van der Waals surface area contributed by atoms with Gasteiger partial charge in [-0.3, -0.25) is 0 Å². The van der Waals surface area contributed by atoms with E-state index < -0.39 is 12.1 Å². The number of allylic oxidation sites excluding steroid dienone is 2. The number of ether oxygens (including phenoxy) is 1.